The number of rotatable bonds is 4. The van der Waals surface area contributed by atoms with Crippen molar-refractivity contribution >= 4 is 28.8 Å². The van der Waals surface area contributed by atoms with Gasteiger partial charge in [0.1, 0.15) is 0 Å². The van der Waals surface area contributed by atoms with E-state index in [-0.39, 0.29) is 11.3 Å². The first-order valence-electron chi connectivity index (χ1n) is 8.18. The summed E-state index contributed by atoms with van der Waals surface area (Å²) in [5.74, 6) is 0.762. The van der Waals surface area contributed by atoms with Crippen molar-refractivity contribution in [2.24, 2.45) is 5.41 Å². The van der Waals surface area contributed by atoms with Gasteiger partial charge in [0.15, 0.2) is 0 Å². The van der Waals surface area contributed by atoms with E-state index in [1.807, 2.05) is 0 Å². The number of carbonyl (C=O) groups is 1. The van der Waals surface area contributed by atoms with E-state index in [2.05, 4.69) is 11.4 Å². The minimum absolute atomic E-state index is 0.101. The van der Waals surface area contributed by atoms with Gasteiger partial charge < -0.3 is 5.32 Å². The molecule has 1 aromatic rings. The molecule has 21 heavy (non-hydrogen) atoms. The maximum atomic E-state index is 12.4. The average Bonchev–Trinajstić information content (AvgIpc) is 2.97. The van der Waals surface area contributed by atoms with Crippen LogP contribution in [0.3, 0.4) is 0 Å². The van der Waals surface area contributed by atoms with Crippen LogP contribution in [0.15, 0.2) is 6.07 Å². The Labute approximate surface area is 136 Å². The maximum absolute atomic E-state index is 12.4. The Kier molecular flexibility index (Phi) is 4.90. The molecule has 3 rings (SSSR count). The molecule has 0 aromatic carbocycles. The molecule has 2 aliphatic carbocycles. The predicted molar refractivity (Wildman–Crippen MR) is 89.5 cm³/mol. The number of hydrogen-bond acceptors (Lipinski definition) is 2. The zero-order valence-electron chi connectivity index (χ0n) is 12.5. The van der Waals surface area contributed by atoms with E-state index in [0.29, 0.717) is 5.88 Å². The topological polar surface area (TPSA) is 29.1 Å². The monoisotopic (exact) mass is 325 g/mol. The van der Waals surface area contributed by atoms with E-state index in [4.69, 9.17) is 11.6 Å². The summed E-state index contributed by atoms with van der Waals surface area (Å²) in [5.41, 5.74) is 1.54. The minimum Gasteiger partial charge on any atom is -0.351 e. The number of halogens is 1. The van der Waals surface area contributed by atoms with Gasteiger partial charge in [-0.1, -0.05) is 19.3 Å². The van der Waals surface area contributed by atoms with Crippen molar-refractivity contribution < 1.29 is 4.79 Å². The highest BCUT2D eigenvalue weighted by atomic mass is 35.5. The van der Waals surface area contributed by atoms with Crippen LogP contribution in [-0.2, 0) is 12.8 Å². The molecule has 1 amide bonds. The summed E-state index contributed by atoms with van der Waals surface area (Å²) in [6.07, 6.45) is 10.9. The molecule has 1 N–H and O–H groups in total. The number of thiophene rings is 1. The Bertz CT molecular complexity index is 481. The van der Waals surface area contributed by atoms with Gasteiger partial charge in [-0.3, -0.25) is 4.79 Å². The standard InChI is InChI=1S/C17H24ClNOS/c18-11-17(8-4-1-5-9-17)12-19-16(20)15-10-13-6-2-3-7-14(13)21-15/h10H,1-9,11-12H2,(H,19,20). The molecule has 116 valence electrons. The van der Waals surface area contributed by atoms with E-state index >= 15 is 0 Å². The molecule has 2 nitrogen and oxygen atoms in total. The number of carbonyl (C=O) groups excluding carboxylic acids is 1. The predicted octanol–water partition coefficient (Wildman–Crippen LogP) is 4.55. The fourth-order valence-electron chi connectivity index (χ4n) is 3.62. The third-order valence-corrected chi connectivity index (χ3v) is 6.84. The van der Waals surface area contributed by atoms with Gasteiger partial charge in [-0.05, 0) is 50.2 Å². The van der Waals surface area contributed by atoms with Crippen LogP contribution in [0.25, 0.3) is 0 Å². The molecule has 2 aliphatic rings. The van der Waals surface area contributed by atoms with E-state index in [1.165, 1.54) is 42.5 Å². The lowest BCUT2D eigenvalue weighted by molar-refractivity contribution is 0.0925. The Morgan fingerprint density at radius 2 is 1.95 bits per heavy atom. The van der Waals surface area contributed by atoms with Crippen LogP contribution in [0.1, 0.15) is 65.1 Å². The van der Waals surface area contributed by atoms with Crippen molar-refractivity contribution in [2.45, 2.75) is 57.8 Å². The second kappa shape index (κ2) is 6.70. The smallest absolute Gasteiger partial charge is 0.261 e. The van der Waals surface area contributed by atoms with Gasteiger partial charge in [0.2, 0.25) is 0 Å². The lowest BCUT2D eigenvalue weighted by atomic mass is 9.75. The van der Waals surface area contributed by atoms with E-state index < -0.39 is 0 Å². The van der Waals surface area contributed by atoms with Gasteiger partial charge in [-0.15, -0.1) is 22.9 Å². The van der Waals surface area contributed by atoms with Crippen LogP contribution >= 0.6 is 22.9 Å². The third-order valence-electron chi connectivity index (χ3n) is 5.04. The number of aryl methyl sites for hydroxylation is 2. The van der Waals surface area contributed by atoms with Gasteiger partial charge >= 0.3 is 0 Å². The first-order chi connectivity index (χ1) is 10.2. The number of hydrogen-bond donors (Lipinski definition) is 1. The molecule has 0 radical (unpaired) electrons. The van der Waals surface area contributed by atoms with Crippen LogP contribution in [0.5, 0.6) is 0 Å². The zero-order valence-corrected chi connectivity index (χ0v) is 14.1. The molecule has 4 heteroatoms. The second-order valence-electron chi connectivity index (χ2n) is 6.64. The molecule has 0 saturated heterocycles. The SMILES string of the molecule is O=C(NCC1(CCl)CCCCC1)c1cc2c(s1)CCCC2. The molecule has 1 heterocycles. The molecule has 0 aliphatic heterocycles. The zero-order chi connectivity index (χ0) is 14.7. The highest BCUT2D eigenvalue weighted by Crippen LogP contribution is 2.37. The summed E-state index contributed by atoms with van der Waals surface area (Å²) in [7, 11) is 0. The molecule has 0 atom stereocenters. The summed E-state index contributed by atoms with van der Waals surface area (Å²) in [4.78, 5) is 14.7. The van der Waals surface area contributed by atoms with Crippen molar-refractivity contribution in [1.29, 1.82) is 0 Å². The first-order valence-corrected chi connectivity index (χ1v) is 9.53. The van der Waals surface area contributed by atoms with Crippen LogP contribution in [0.4, 0.5) is 0 Å². The molecule has 1 fully saturated rings. The fraction of sp³-hybridized carbons (Fsp3) is 0.706. The summed E-state index contributed by atoms with van der Waals surface area (Å²) >= 11 is 7.89. The Balaban J connectivity index is 1.62. The number of alkyl halides is 1. The van der Waals surface area contributed by atoms with Crippen molar-refractivity contribution in [3.8, 4) is 0 Å². The van der Waals surface area contributed by atoms with Crippen molar-refractivity contribution in [3.05, 3.63) is 21.4 Å². The van der Waals surface area contributed by atoms with Gasteiger partial charge in [0.25, 0.3) is 5.91 Å². The van der Waals surface area contributed by atoms with Crippen molar-refractivity contribution in [3.63, 3.8) is 0 Å². The van der Waals surface area contributed by atoms with Crippen LogP contribution < -0.4 is 5.32 Å². The normalized spacial score (nSPS) is 20.8. The van der Waals surface area contributed by atoms with Gasteiger partial charge in [0.05, 0.1) is 4.88 Å². The highest BCUT2D eigenvalue weighted by molar-refractivity contribution is 7.14. The summed E-state index contributed by atoms with van der Waals surface area (Å²) in [5, 5.41) is 3.16. The molecule has 0 bridgehead atoms. The average molecular weight is 326 g/mol. The van der Waals surface area contributed by atoms with Crippen LogP contribution in [0.2, 0.25) is 0 Å². The second-order valence-corrected chi connectivity index (χ2v) is 8.05. The summed E-state index contributed by atoms with van der Waals surface area (Å²) in [6.45, 7) is 0.734. The van der Waals surface area contributed by atoms with Crippen molar-refractivity contribution in [2.75, 3.05) is 12.4 Å². The number of amides is 1. The van der Waals surface area contributed by atoms with Gasteiger partial charge in [-0.25, -0.2) is 0 Å². The fourth-order valence-corrected chi connectivity index (χ4v) is 5.15. The van der Waals surface area contributed by atoms with Gasteiger partial charge in [-0.2, -0.15) is 0 Å². The molecule has 0 spiro atoms. The largest absolute Gasteiger partial charge is 0.351 e. The Morgan fingerprint density at radius 1 is 1.19 bits per heavy atom. The highest BCUT2D eigenvalue weighted by Gasteiger charge is 2.31. The lowest BCUT2D eigenvalue weighted by Gasteiger charge is -2.35. The molecule has 1 saturated carbocycles. The molecule has 1 aromatic heterocycles. The number of fused-ring (bicyclic) bond motifs is 1. The quantitative estimate of drug-likeness (QED) is 0.809. The third kappa shape index (κ3) is 3.45. The number of nitrogens with one attached hydrogen (secondary N) is 1. The minimum atomic E-state index is 0.101. The Hall–Kier alpha value is -0.540. The van der Waals surface area contributed by atoms with Gasteiger partial charge in [0, 0.05) is 22.7 Å². The van der Waals surface area contributed by atoms with E-state index in [9.17, 15) is 4.79 Å². The molecular formula is C17H24ClNOS. The first kappa shape index (κ1) is 15.4. The summed E-state index contributed by atoms with van der Waals surface area (Å²) < 4.78 is 0. The van der Waals surface area contributed by atoms with Crippen molar-refractivity contribution in [1.82, 2.24) is 5.32 Å². The Morgan fingerprint density at radius 3 is 2.67 bits per heavy atom. The van der Waals surface area contributed by atoms with Crippen LogP contribution in [-0.4, -0.2) is 18.3 Å². The molecular weight excluding hydrogens is 302 g/mol. The van der Waals surface area contributed by atoms with E-state index in [1.54, 1.807) is 11.3 Å². The van der Waals surface area contributed by atoms with Crippen LogP contribution in [0, 0.1) is 5.41 Å². The summed E-state index contributed by atoms with van der Waals surface area (Å²) in [6, 6.07) is 2.11. The maximum Gasteiger partial charge on any atom is 0.261 e. The van der Waals surface area contributed by atoms with E-state index in [0.717, 1.165) is 37.1 Å². The molecule has 0 unspecified atom stereocenters. The lowest BCUT2D eigenvalue weighted by Crippen LogP contribution is -2.40.